The van der Waals surface area contributed by atoms with Crippen molar-refractivity contribution in [3.05, 3.63) is 32.4 Å². The van der Waals surface area contributed by atoms with Gasteiger partial charge in [0.15, 0.2) is 0 Å². The number of rotatable bonds is 3. The average molecular weight is 387 g/mol. The van der Waals surface area contributed by atoms with E-state index in [0.717, 1.165) is 6.32 Å². The summed E-state index contributed by atoms with van der Waals surface area (Å²) in [5, 5.41) is 0. The molecule has 1 aliphatic heterocycles. The maximum absolute atomic E-state index is 6.08. The summed E-state index contributed by atoms with van der Waals surface area (Å²) in [6, 6.07) is 4.34. The summed E-state index contributed by atoms with van der Waals surface area (Å²) in [6.07, 6.45) is 0.766. The fraction of sp³-hybridized carbons (Fsp3) is 0.600. The van der Waals surface area contributed by atoms with Crippen molar-refractivity contribution in [3.63, 3.8) is 0 Å². The van der Waals surface area contributed by atoms with E-state index in [1.165, 1.54) is 20.3 Å². The van der Waals surface area contributed by atoms with Gasteiger partial charge in [0.2, 0.25) is 0 Å². The van der Waals surface area contributed by atoms with E-state index in [1.54, 1.807) is 0 Å². The van der Waals surface area contributed by atoms with Crippen LogP contribution in [-0.4, -0.2) is 18.3 Å². The van der Waals surface area contributed by atoms with E-state index in [2.05, 4.69) is 69.3 Å². The molecule has 1 heterocycles. The lowest BCUT2D eigenvalue weighted by atomic mass is 9.78. The quantitative estimate of drug-likeness (QED) is 0.640. The van der Waals surface area contributed by atoms with E-state index >= 15 is 0 Å². The van der Waals surface area contributed by atoms with Crippen LogP contribution in [0.3, 0.4) is 0 Å². The Morgan fingerprint density at radius 3 is 2.10 bits per heavy atom. The van der Waals surface area contributed by atoms with E-state index in [1.807, 2.05) is 0 Å². The van der Waals surface area contributed by atoms with Crippen LogP contribution < -0.4 is 5.73 Å². The van der Waals surface area contributed by atoms with Gasteiger partial charge in [-0.15, -0.1) is 0 Å². The van der Waals surface area contributed by atoms with Crippen LogP contribution in [0.5, 0.6) is 0 Å². The smallest absolute Gasteiger partial charge is 0.403 e. The van der Waals surface area contributed by atoms with Crippen LogP contribution in [0.15, 0.2) is 12.1 Å². The van der Waals surface area contributed by atoms with Crippen LogP contribution in [0.2, 0.25) is 0 Å². The molecule has 0 spiro atoms. The lowest BCUT2D eigenvalue weighted by Gasteiger charge is -2.32. The Morgan fingerprint density at radius 2 is 1.60 bits per heavy atom. The van der Waals surface area contributed by atoms with E-state index in [-0.39, 0.29) is 18.3 Å². The predicted octanol–water partition coefficient (Wildman–Crippen LogP) is 3.23. The van der Waals surface area contributed by atoms with Gasteiger partial charge in [0.05, 0.1) is 11.2 Å². The van der Waals surface area contributed by atoms with Crippen molar-refractivity contribution in [1.82, 2.24) is 0 Å². The Labute approximate surface area is 135 Å². The molecule has 0 bridgehead atoms. The summed E-state index contributed by atoms with van der Waals surface area (Å²) < 4.78 is 13.4. The minimum Gasteiger partial charge on any atom is -0.403 e. The van der Waals surface area contributed by atoms with Crippen LogP contribution in [0.4, 0.5) is 0 Å². The highest BCUT2D eigenvalue weighted by atomic mass is 127. The van der Waals surface area contributed by atoms with Gasteiger partial charge in [-0.3, -0.25) is 0 Å². The summed E-state index contributed by atoms with van der Waals surface area (Å²) in [4.78, 5) is 0. The Bertz CT molecular complexity index is 501. The zero-order valence-corrected chi connectivity index (χ0v) is 15.1. The van der Waals surface area contributed by atoms with Crippen LogP contribution in [0.1, 0.15) is 44.4 Å². The third-order valence-electron chi connectivity index (χ3n) is 4.50. The van der Waals surface area contributed by atoms with E-state index in [9.17, 15) is 0 Å². The largest absolute Gasteiger partial charge is 0.462 e. The number of nitrogens with two attached hydrogens (primary N) is 1. The predicted molar refractivity (Wildman–Crippen MR) is 91.6 cm³/mol. The molecule has 2 rings (SSSR count). The molecule has 1 saturated heterocycles. The second kappa shape index (κ2) is 5.59. The van der Waals surface area contributed by atoms with Crippen molar-refractivity contribution in [1.29, 1.82) is 0 Å². The first-order chi connectivity index (χ1) is 9.16. The van der Waals surface area contributed by atoms with E-state index < -0.39 is 0 Å². The molecule has 0 radical (unpaired) electrons. The molecule has 20 heavy (non-hydrogen) atoms. The Hall–Kier alpha value is -0.105. The molecule has 0 aliphatic carbocycles. The molecule has 1 aromatic carbocycles. The Morgan fingerprint density at radius 1 is 1.10 bits per heavy atom. The third-order valence-corrected chi connectivity index (χ3v) is 5.12. The molecule has 0 aromatic heterocycles. The summed E-state index contributed by atoms with van der Waals surface area (Å²) in [6.45, 7) is 11.0. The molecule has 2 N–H and O–H groups in total. The zero-order chi connectivity index (χ0) is 15.1. The van der Waals surface area contributed by atoms with Crippen molar-refractivity contribution < 1.29 is 9.31 Å². The van der Waals surface area contributed by atoms with Gasteiger partial charge in [-0.25, -0.2) is 0 Å². The molecule has 5 heteroatoms. The van der Waals surface area contributed by atoms with Gasteiger partial charge < -0.3 is 15.0 Å². The molecular weight excluding hydrogens is 364 g/mol. The maximum Gasteiger partial charge on any atom is 0.462 e. The van der Waals surface area contributed by atoms with Crippen molar-refractivity contribution in [2.45, 2.75) is 58.7 Å². The van der Waals surface area contributed by atoms with Crippen LogP contribution in [-0.2, 0) is 22.2 Å². The fourth-order valence-electron chi connectivity index (χ4n) is 2.45. The number of benzene rings is 1. The minimum absolute atomic E-state index is 0.192. The standard InChI is InChI=1S/C15H23BINO2/c1-10-11(6-13(17)7-12(10)9-18)8-16-19-14(2,3)15(4,5)20-16/h6-7H,8-9,18H2,1-5H3. The summed E-state index contributed by atoms with van der Waals surface area (Å²) in [5.74, 6) is 0. The molecule has 0 saturated carbocycles. The van der Waals surface area contributed by atoms with E-state index in [4.69, 9.17) is 15.0 Å². The molecule has 0 unspecified atom stereocenters. The zero-order valence-electron chi connectivity index (χ0n) is 12.9. The Kier molecular flexibility index (Phi) is 4.55. The molecule has 110 valence electrons. The summed E-state index contributed by atoms with van der Waals surface area (Å²) in [7, 11) is -0.192. The van der Waals surface area contributed by atoms with Crippen LogP contribution >= 0.6 is 22.6 Å². The van der Waals surface area contributed by atoms with Crippen molar-refractivity contribution in [2.24, 2.45) is 5.73 Å². The first-order valence-corrected chi connectivity index (χ1v) is 8.08. The normalized spacial score (nSPS) is 20.4. The molecule has 3 nitrogen and oxygen atoms in total. The third kappa shape index (κ3) is 3.05. The van der Waals surface area contributed by atoms with E-state index in [0.29, 0.717) is 6.54 Å². The average Bonchev–Trinajstić information content (AvgIpc) is 2.51. The molecule has 1 aromatic rings. The topological polar surface area (TPSA) is 44.5 Å². The van der Waals surface area contributed by atoms with Crippen molar-refractivity contribution in [3.8, 4) is 0 Å². The first-order valence-electron chi connectivity index (χ1n) is 7.00. The number of hydrogen-bond donors (Lipinski definition) is 1. The number of halogens is 1. The van der Waals surface area contributed by atoms with Gasteiger partial charge in [0, 0.05) is 16.4 Å². The second-order valence-electron chi connectivity index (χ2n) is 6.44. The van der Waals surface area contributed by atoms with Gasteiger partial charge in [0.1, 0.15) is 0 Å². The van der Waals surface area contributed by atoms with Gasteiger partial charge in [-0.05, 0) is 86.0 Å². The minimum atomic E-state index is -0.274. The first kappa shape index (κ1) is 16.3. The summed E-state index contributed by atoms with van der Waals surface area (Å²) >= 11 is 2.33. The molecule has 1 aliphatic rings. The molecule has 0 atom stereocenters. The molecule has 0 amide bonds. The van der Waals surface area contributed by atoms with Gasteiger partial charge in [-0.2, -0.15) is 0 Å². The number of hydrogen-bond acceptors (Lipinski definition) is 3. The van der Waals surface area contributed by atoms with Gasteiger partial charge in [0.25, 0.3) is 0 Å². The highest BCUT2D eigenvalue weighted by molar-refractivity contribution is 14.1. The highest BCUT2D eigenvalue weighted by Crippen LogP contribution is 2.37. The Balaban J connectivity index is 2.22. The lowest BCUT2D eigenvalue weighted by Crippen LogP contribution is -2.41. The summed E-state index contributed by atoms with van der Waals surface area (Å²) in [5.41, 5.74) is 8.98. The van der Waals surface area contributed by atoms with Crippen molar-refractivity contribution >= 4 is 29.7 Å². The lowest BCUT2D eigenvalue weighted by molar-refractivity contribution is 0.00578. The molecular formula is C15H23BINO2. The fourth-order valence-corrected chi connectivity index (χ4v) is 3.20. The van der Waals surface area contributed by atoms with Crippen LogP contribution in [0.25, 0.3) is 0 Å². The highest BCUT2D eigenvalue weighted by Gasteiger charge is 2.50. The van der Waals surface area contributed by atoms with Gasteiger partial charge >= 0.3 is 7.12 Å². The maximum atomic E-state index is 6.08. The molecule has 1 fully saturated rings. The van der Waals surface area contributed by atoms with Crippen molar-refractivity contribution in [2.75, 3.05) is 0 Å². The van der Waals surface area contributed by atoms with Crippen LogP contribution in [0, 0.1) is 10.5 Å². The van der Waals surface area contributed by atoms with Gasteiger partial charge in [-0.1, -0.05) is 0 Å². The monoisotopic (exact) mass is 387 g/mol. The second-order valence-corrected chi connectivity index (χ2v) is 7.69. The SMILES string of the molecule is Cc1c(CN)cc(I)cc1CB1OC(C)(C)C(C)(C)O1.